The molecule has 0 aliphatic heterocycles. The number of likely N-dealkylation sites (N-methyl/N-ethyl adjacent to an activating group) is 2. The zero-order valence-corrected chi connectivity index (χ0v) is 12.0. The summed E-state index contributed by atoms with van der Waals surface area (Å²) in [6, 6.07) is 11.2. The quantitative estimate of drug-likeness (QED) is 0.766. The number of hydrogen-bond acceptors (Lipinski definition) is 3. The second kappa shape index (κ2) is 8.56. The summed E-state index contributed by atoms with van der Waals surface area (Å²) >= 11 is 1.90. The zero-order chi connectivity index (χ0) is 12.5. The number of benzene rings is 1. The molecule has 17 heavy (non-hydrogen) atoms. The molecule has 2 nitrogen and oxygen atoms in total. The highest BCUT2D eigenvalue weighted by Crippen LogP contribution is 2.18. The SMILES string of the molecule is CCNCC(c1ccccc1)N(C)CCSC. The van der Waals surface area contributed by atoms with Gasteiger partial charge in [-0.3, -0.25) is 4.90 Å². The van der Waals surface area contributed by atoms with Crippen molar-refractivity contribution in [1.29, 1.82) is 0 Å². The van der Waals surface area contributed by atoms with E-state index in [2.05, 4.69) is 60.8 Å². The summed E-state index contributed by atoms with van der Waals surface area (Å²) in [5.74, 6) is 1.19. The molecular weight excluding hydrogens is 228 g/mol. The predicted molar refractivity (Wildman–Crippen MR) is 78.7 cm³/mol. The van der Waals surface area contributed by atoms with Crippen molar-refractivity contribution < 1.29 is 0 Å². The third kappa shape index (κ3) is 5.11. The molecule has 96 valence electrons. The Labute approximate surface area is 110 Å². The lowest BCUT2D eigenvalue weighted by Gasteiger charge is -2.28. The minimum absolute atomic E-state index is 0.475. The van der Waals surface area contributed by atoms with E-state index in [-0.39, 0.29) is 0 Å². The van der Waals surface area contributed by atoms with E-state index >= 15 is 0 Å². The lowest BCUT2D eigenvalue weighted by atomic mass is 10.1. The first kappa shape index (κ1) is 14.6. The van der Waals surface area contributed by atoms with Crippen molar-refractivity contribution in [3.8, 4) is 0 Å². The van der Waals surface area contributed by atoms with Crippen LogP contribution in [0.15, 0.2) is 30.3 Å². The maximum absolute atomic E-state index is 3.46. The van der Waals surface area contributed by atoms with Crippen LogP contribution >= 0.6 is 11.8 Å². The van der Waals surface area contributed by atoms with Crippen LogP contribution in [0.1, 0.15) is 18.5 Å². The molecule has 0 aromatic heterocycles. The highest BCUT2D eigenvalue weighted by Gasteiger charge is 2.15. The second-order valence-corrected chi connectivity index (χ2v) is 5.19. The minimum atomic E-state index is 0.475. The number of nitrogens with zero attached hydrogens (tertiary/aromatic N) is 1. The van der Waals surface area contributed by atoms with E-state index in [1.807, 2.05) is 11.8 Å². The van der Waals surface area contributed by atoms with Gasteiger partial charge in [-0.05, 0) is 25.4 Å². The second-order valence-electron chi connectivity index (χ2n) is 4.21. The molecule has 0 saturated heterocycles. The van der Waals surface area contributed by atoms with Gasteiger partial charge in [-0.1, -0.05) is 37.3 Å². The Morgan fingerprint density at radius 1 is 1.29 bits per heavy atom. The standard InChI is InChI=1S/C14H24N2S/c1-4-15-12-14(16(2)10-11-17-3)13-8-6-5-7-9-13/h5-9,14-15H,4,10-12H2,1-3H3. The van der Waals surface area contributed by atoms with E-state index in [4.69, 9.17) is 0 Å². The summed E-state index contributed by atoms with van der Waals surface area (Å²) in [7, 11) is 2.21. The number of hydrogen-bond donors (Lipinski definition) is 1. The van der Waals surface area contributed by atoms with Crippen molar-refractivity contribution in [1.82, 2.24) is 10.2 Å². The summed E-state index contributed by atoms with van der Waals surface area (Å²) in [4.78, 5) is 2.44. The van der Waals surface area contributed by atoms with Gasteiger partial charge in [0, 0.05) is 24.9 Å². The average Bonchev–Trinajstić information content (AvgIpc) is 2.38. The van der Waals surface area contributed by atoms with Crippen LogP contribution in [0, 0.1) is 0 Å². The van der Waals surface area contributed by atoms with Gasteiger partial charge in [-0.2, -0.15) is 11.8 Å². The zero-order valence-electron chi connectivity index (χ0n) is 11.1. The molecule has 0 radical (unpaired) electrons. The maximum atomic E-state index is 3.46. The van der Waals surface area contributed by atoms with Gasteiger partial charge in [0.2, 0.25) is 0 Å². The van der Waals surface area contributed by atoms with Gasteiger partial charge in [0.15, 0.2) is 0 Å². The summed E-state index contributed by atoms with van der Waals surface area (Å²) in [6.45, 7) is 5.33. The Kier molecular flexibility index (Phi) is 7.33. The average molecular weight is 252 g/mol. The fourth-order valence-electron chi connectivity index (χ4n) is 1.88. The Hall–Kier alpha value is -0.510. The fraction of sp³-hybridized carbons (Fsp3) is 0.571. The number of thioether (sulfide) groups is 1. The topological polar surface area (TPSA) is 15.3 Å². The highest BCUT2D eigenvalue weighted by molar-refractivity contribution is 7.98. The van der Waals surface area contributed by atoms with Crippen molar-refractivity contribution in [2.45, 2.75) is 13.0 Å². The third-order valence-corrected chi connectivity index (χ3v) is 3.54. The monoisotopic (exact) mass is 252 g/mol. The highest BCUT2D eigenvalue weighted by atomic mass is 32.2. The van der Waals surface area contributed by atoms with E-state index in [9.17, 15) is 0 Å². The molecule has 0 aliphatic carbocycles. The largest absolute Gasteiger partial charge is 0.315 e. The van der Waals surface area contributed by atoms with Crippen LogP contribution in [0.25, 0.3) is 0 Å². The van der Waals surface area contributed by atoms with Crippen LogP contribution in [0.5, 0.6) is 0 Å². The van der Waals surface area contributed by atoms with Crippen LogP contribution in [0.4, 0.5) is 0 Å². The van der Waals surface area contributed by atoms with Crippen LogP contribution in [-0.2, 0) is 0 Å². The first-order valence-electron chi connectivity index (χ1n) is 6.24. The molecule has 0 heterocycles. The van der Waals surface area contributed by atoms with E-state index in [1.54, 1.807) is 0 Å². The molecule has 0 bridgehead atoms. The van der Waals surface area contributed by atoms with Gasteiger partial charge in [0.05, 0.1) is 0 Å². The molecule has 1 aromatic rings. The molecule has 0 saturated carbocycles. The number of nitrogens with one attached hydrogen (secondary N) is 1. The van der Waals surface area contributed by atoms with Crippen molar-refractivity contribution in [3.63, 3.8) is 0 Å². The molecule has 1 N–H and O–H groups in total. The van der Waals surface area contributed by atoms with E-state index in [1.165, 1.54) is 11.3 Å². The molecule has 0 fully saturated rings. The summed E-state index contributed by atoms with van der Waals surface area (Å²) in [5.41, 5.74) is 1.40. The van der Waals surface area contributed by atoms with Crippen molar-refractivity contribution in [2.75, 3.05) is 38.7 Å². The van der Waals surface area contributed by atoms with Crippen molar-refractivity contribution in [3.05, 3.63) is 35.9 Å². The summed E-state index contributed by atoms with van der Waals surface area (Å²) < 4.78 is 0. The van der Waals surface area contributed by atoms with Crippen LogP contribution in [0.3, 0.4) is 0 Å². The molecule has 1 atom stereocenters. The minimum Gasteiger partial charge on any atom is -0.315 e. The van der Waals surface area contributed by atoms with Crippen LogP contribution < -0.4 is 5.32 Å². The smallest absolute Gasteiger partial charge is 0.0469 e. The third-order valence-electron chi connectivity index (χ3n) is 2.95. The molecule has 1 unspecified atom stereocenters. The molecular formula is C14H24N2S. The van der Waals surface area contributed by atoms with Gasteiger partial charge >= 0.3 is 0 Å². The van der Waals surface area contributed by atoms with Crippen LogP contribution in [-0.4, -0.2) is 43.6 Å². The lowest BCUT2D eigenvalue weighted by Crippen LogP contribution is -2.34. The van der Waals surface area contributed by atoms with E-state index < -0.39 is 0 Å². The Morgan fingerprint density at radius 2 is 2.00 bits per heavy atom. The normalized spacial score (nSPS) is 12.9. The molecule has 1 aromatic carbocycles. The van der Waals surface area contributed by atoms with E-state index in [0.29, 0.717) is 6.04 Å². The maximum Gasteiger partial charge on any atom is 0.0469 e. The van der Waals surface area contributed by atoms with Gasteiger partial charge in [-0.25, -0.2) is 0 Å². The molecule has 0 aliphatic rings. The number of rotatable bonds is 8. The Morgan fingerprint density at radius 3 is 2.59 bits per heavy atom. The van der Waals surface area contributed by atoms with Crippen molar-refractivity contribution in [2.24, 2.45) is 0 Å². The molecule has 3 heteroatoms. The molecule has 0 amide bonds. The van der Waals surface area contributed by atoms with E-state index in [0.717, 1.165) is 19.6 Å². The summed E-state index contributed by atoms with van der Waals surface area (Å²) in [5, 5.41) is 3.46. The van der Waals surface area contributed by atoms with Gasteiger partial charge < -0.3 is 5.32 Å². The van der Waals surface area contributed by atoms with Crippen molar-refractivity contribution >= 4 is 11.8 Å². The first-order valence-corrected chi connectivity index (χ1v) is 7.63. The molecule has 1 rings (SSSR count). The van der Waals surface area contributed by atoms with Gasteiger partial charge in [0.1, 0.15) is 0 Å². The van der Waals surface area contributed by atoms with Gasteiger partial charge in [0.25, 0.3) is 0 Å². The fourth-order valence-corrected chi connectivity index (χ4v) is 2.35. The first-order chi connectivity index (χ1) is 8.29. The van der Waals surface area contributed by atoms with Gasteiger partial charge in [-0.15, -0.1) is 0 Å². The Balaban J connectivity index is 2.66. The lowest BCUT2D eigenvalue weighted by molar-refractivity contribution is 0.253. The Bertz CT molecular complexity index is 290. The summed E-state index contributed by atoms with van der Waals surface area (Å²) in [6.07, 6.45) is 2.16. The predicted octanol–water partition coefficient (Wildman–Crippen LogP) is 2.63. The van der Waals surface area contributed by atoms with Crippen LogP contribution in [0.2, 0.25) is 0 Å². The molecule has 0 spiro atoms.